The molecule has 1 heterocycles. The Morgan fingerprint density at radius 1 is 1.00 bits per heavy atom. The summed E-state index contributed by atoms with van der Waals surface area (Å²) in [5, 5.41) is 1.31. The van der Waals surface area contributed by atoms with Crippen molar-refractivity contribution in [1.29, 1.82) is 0 Å². The number of benzene rings is 1. The Hall–Kier alpha value is -1.37. The standard InChI is InChI=1S/C11H12N.C2H6/c1-2-12-9-5-7-10-6-3-4-8-11(10)12;1-2/h3-9H,2H2,1H3;1-2H3/q+1;. The zero-order valence-electron chi connectivity index (χ0n) is 9.20. The molecule has 1 aromatic carbocycles. The predicted octanol–water partition coefficient (Wildman–Crippen LogP) is 3.17. The number of aromatic nitrogens is 1. The highest BCUT2D eigenvalue weighted by Gasteiger charge is 2.02. The summed E-state index contributed by atoms with van der Waals surface area (Å²) in [6.07, 6.45) is 2.11. The molecule has 0 aliphatic heterocycles. The Morgan fingerprint density at radius 3 is 2.36 bits per heavy atom. The molecule has 14 heavy (non-hydrogen) atoms. The van der Waals surface area contributed by atoms with E-state index in [-0.39, 0.29) is 0 Å². The summed E-state index contributed by atoms with van der Waals surface area (Å²) in [4.78, 5) is 0. The summed E-state index contributed by atoms with van der Waals surface area (Å²) in [6, 6.07) is 12.7. The van der Waals surface area contributed by atoms with Crippen molar-refractivity contribution in [2.75, 3.05) is 0 Å². The van der Waals surface area contributed by atoms with Crippen LogP contribution in [0.5, 0.6) is 0 Å². The Bertz CT molecular complexity index is 388. The van der Waals surface area contributed by atoms with Gasteiger partial charge in [-0.1, -0.05) is 26.0 Å². The SMILES string of the molecule is CC.CC[n+]1cccc2ccccc21. The van der Waals surface area contributed by atoms with Crippen molar-refractivity contribution in [1.82, 2.24) is 0 Å². The fraction of sp³-hybridized carbons (Fsp3) is 0.308. The average molecular weight is 188 g/mol. The topological polar surface area (TPSA) is 3.88 Å². The minimum atomic E-state index is 1.03. The second-order valence-electron chi connectivity index (χ2n) is 2.85. The van der Waals surface area contributed by atoms with Crippen LogP contribution >= 0.6 is 0 Å². The number of hydrogen-bond acceptors (Lipinski definition) is 0. The molecule has 1 aromatic heterocycles. The second-order valence-corrected chi connectivity index (χ2v) is 2.85. The van der Waals surface area contributed by atoms with Crippen LogP contribution in [-0.4, -0.2) is 0 Å². The van der Waals surface area contributed by atoms with Gasteiger partial charge in [-0.25, -0.2) is 0 Å². The number of pyridine rings is 1. The molecule has 0 amide bonds. The molecule has 0 fully saturated rings. The first-order valence-corrected chi connectivity index (χ1v) is 5.29. The minimum absolute atomic E-state index is 1.03. The van der Waals surface area contributed by atoms with Crippen LogP contribution in [0, 0.1) is 0 Å². The van der Waals surface area contributed by atoms with Crippen molar-refractivity contribution in [2.45, 2.75) is 27.3 Å². The lowest BCUT2D eigenvalue weighted by molar-refractivity contribution is -0.667. The average Bonchev–Trinajstić information content (AvgIpc) is 2.31. The van der Waals surface area contributed by atoms with Gasteiger partial charge < -0.3 is 0 Å². The Morgan fingerprint density at radius 2 is 1.64 bits per heavy atom. The first kappa shape index (κ1) is 10.7. The van der Waals surface area contributed by atoms with E-state index < -0.39 is 0 Å². The maximum atomic E-state index is 2.25. The van der Waals surface area contributed by atoms with Crippen molar-refractivity contribution in [3.05, 3.63) is 42.6 Å². The fourth-order valence-corrected chi connectivity index (χ4v) is 1.50. The molecule has 0 atom stereocenters. The molecule has 2 rings (SSSR count). The minimum Gasteiger partial charge on any atom is -0.199 e. The summed E-state index contributed by atoms with van der Waals surface area (Å²) in [5.74, 6) is 0. The molecule has 0 saturated heterocycles. The zero-order valence-corrected chi connectivity index (χ0v) is 9.20. The van der Waals surface area contributed by atoms with Crippen molar-refractivity contribution in [3.8, 4) is 0 Å². The van der Waals surface area contributed by atoms with Gasteiger partial charge in [0.25, 0.3) is 0 Å². The monoisotopic (exact) mass is 188 g/mol. The van der Waals surface area contributed by atoms with E-state index >= 15 is 0 Å². The molecular weight excluding hydrogens is 170 g/mol. The largest absolute Gasteiger partial charge is 0.212 e. The molecule has 0 unspecified atom stereocenters. The van der Waals surface area contributed by atoms with E-state index in [4.69, 9.17) is 0 Å². The van der Waals surface area contributed by atoms with E-state index in [1.165, 1.54) is 10.9 Å². The maximum absolute atomic E-state index is 2.25. The molecule has 0 aliphatic rings. The van der Waals surface area contributed by atoms with Gasteiger partial charge in [-0.15, -0.1) is 0 Å². The smallest absolute Gasteiger partial charge is 0.199 e. The first-order valence-electron chi connectivity index (χ1n) is 5.29. The summed E-state index contributed by atoms with van der Waals surface area (Å²) in [7, 11) is 0. The van der Waals surface area contributed by atoms with E-state index in [1.807, 2.05) is 13.8 Å². The lowest BCUT2D eigenvalue weighted by Crippen LogP contribution is -2.32. The molecule has 1 nitrogen and oxygen atoms in total. The first-order chi connectivity index (χ1) is 6.92. The third kappa shape index (κ3) is 2.11. The molecule has 0 bridgehead atoms. The molecule has 0 spiro atoms. The van der Waals surface area contributed by atoms with Crippen LogP contribution in [0.1, 0.15) is 20.8 Å². The van der Waals surface area contributed by atoms with Gasteiger partial charge in [0.2, 0.25) is 5.52 Å². The molecule has 74 valence electrons. The lowest BCUT2D eigenvalue weighted by atomic mass is 10.2. The molecule has 0 aliphatic carbocycles. The number of fused-ring (bicyclic) bond motifs is 1. The highest BCUT2D eigenvalue weighted by atomic mass is 14.9. The van der Waals surface area contributed by atoms with Gasteiger partial charge in [-0.05, 0) is 19.1 Å². The molecular formula is C13H18N+. The van der Waals surface area contributed by atoms with Gasteiger partial charge in [0.15, 0.2) is 6.20 Å². The molecule has 0 N–H and O–H groups in total. The normalized spacial score (nSPS) is 9.36. The van der Waals surface area contributed by atoms with Crippen LogP contribution in [0.2, 0.25) is 0 Å². The lowest BCUT2D eigenvalue weighted by Gasteiger charge is -1.96. The summed E-state index contributed by atoms with van der Waals surface area (Å²) in [5.41, 5.74) is 1.31. The van der Waals surface area contributed by atoms with Crippen LogP contribution in [0.4, 0.5) is 0 Å². The van der Waals surface area contributed by atoms with Crippen molar-refractivity contribution >= 4 is 10.9 Å². The molecule has 2 aromatic rings. The quantitative estimate of drug-likeness (QED) is 0.605. The van der Waals surface area contributed by atoms with E-state index in [9.17, 15) is 0 Å². The van der Waals surface area contributed by atoms with Crippen LogP contribution in [0.3, 0.4) is 0 Å². The summed E-state index contributed by atoms with van der Waals surface area (Å²) < 4.78 is 2.25. The second kappa shape index (κ2) is 5.38. The van der Waals surface area contributed by atoms with Crippen LogP contribution in [-0.2, 0) is 6.54 Å². The third-order valence-corrected chi connectivity index (χ3v) is 2.13. The zero-order chi connectivity index (χ0) is 10.4. The van der Waals surface area contributed by atoms with Gasteiger partial charge in [-0.3, -0.25) is 0 Å². The van der Waals surface area contributed by atoms with Gasteiger partial charge in [-0.2, -0.15) is 4.57 Å². The van der Waals surface area contributed by atoms with E-state index in [2.05, 4.69) is 54.1 Å². The van der Waals surface area contributed by atoms with E-state index in [0.717, 1.165) is 6.54 Å². The number of nitrogens with zero attached hydrogens (tertiary/aromatic N) is 1. The number of hydrogen-bond donors (Lipinski definition) is 0. The van der Waals surface area contributed by atoms with Crippen LogP contribution in [0.25, 0.3) is 10.9 Å². The number of aryl methyl sites for hydroxylation is 1. The van der Waals surface area contributed by atoms with Gasteiger partial charge in [0.1, 0.15) is 6.54 Å². The summed E-state index contributed by atoms with van der Waals surface area (Å²) in [6.45, 7) is 7.19. The van der Waals surface area contributed by atoms with Crippen molar-refractivity contribution < 1.29 is 4.57 Å². The Labute approximate surface area is 86.0 Å². The molecule has 0 radical (unpaired) electrons. The number of para-hydroxylation sites is 1. The molecule has 0 saturated carbocycles. The number of rotatable bonds is 1. The predicted molar refractivity (Wildman–Crippen MR) is 61.2 cm³/mol. The van der Waals surface area contributed by atoms with E-state index in [1.54, 1.807) is 0 Å². The Balaban J connectivity index is 0.000000461. The van der Waals surface area contributed by atoms with Gasteiger partial charge in [0.05, 0.1) is 0 Å². The summed E-state index contributed by atoms with van der Waals surface area (Å²) >= 11 is 0. The van der Waals surface area contributed by atoms with Gasteiger partial charge in [0, 0.05) is 17.5 Å². The van der Waals surface area contributed by atoms with Crippen molar-refractivity contribution in [3.63, 3.8) is 0 Å². The highest BCUT2D eigenvalue weighted by Crippen LogP contribution is 2.07. The fourth-order valence-electron chi connectivity index (χ4n) is 1.50. The maximum Gasteiger partial charge on any atom is 0.212 e. The molecule has 1 heteroatoms. The van der Waals surface area contributed by atoms with Crippen LogP contribution < -0.4 is 4.57 Å². The van der Waals surface area contributed by atoms with Crippen LogP contribution in [0.15, 0.2) is 42.6 Å². The van der Waals surface area contributed by atoms with Crippen molar-refractivity contribution in [2.24, 2.45) is 0 Å². The highest BCUT2D eigenvalue weighted by molar-refractivity contribution is 5.74. The van der Waals surface area contributed by atoms with E-state index in [0.29, 0.717) is 0 Å². The van der Waals surface area contributed by atoms with Gasteiger partial charge >= 0.3 is 0 Å². The third-order valence-electron chi connectivity index (χ3n) is 2.13. The Kier molecular flexibility index (Phi) is 4.11.